The highest BCUT2D eigenvalue weighted by Gasteiger charge is 2.10. The van der Waals surface area contributed by atoms with Crippen molar-refractivity contribution in [3.8, 4) is 5.75 Å². The predicted molar refractivity (Wildman–Crippen MR) is 93.6 cm³/mol. The molecule has 2 aromatic rings. The number of nitrogens with one attached hydrogen (secondary N) is 1. The Kier molecular flexibility index (Phi) is 6.21. The van der Waals surface area contributed by atoms with Crippen molar-refractivity contribution in [3.05, 3.63) is 65.2 Å². The number of aryl methyl sites for hydroxylation is 2. The van der Waals surface area contributed by atoms with Gasteiger partial charge >= 0.3 is 0 Å². The Balaban J connectivity index is 1.72. The SMILES string of the molecule is Cc1ccc([C@@H](C)NC(=O)CCCOc2ccccc2)cc1C. The highest BCUT2D eigenvalue weighted by molar-refractivity contribution is 5.76. The van der Waals surface area contributed by atoms with E-state index >= 15 is 0 Å². The molecule has 3 nitrogen and oxygen atoms in total. The highest BCUT2D eigenvalue weighted by Crippen LogP contribution is 2.17. The summed E-state index contributed by atoms with van der Waals surface area (Å²) in [6.45, 7) is 6.75. The summed E-state index contributed by atoms with van der Waals surface area (Å²) < 4.78 is 5.59. The Labute approximate surface area is 138 Å². The van der Waals surface area contributed by atoms with E-state index in [1.54, 1.807) is 0 Å². The van der Waals surface area contributed by atoms with Crippen LogP contribution in [0.1, 0.15) is 42.5 Å². The molecule has 0 radical (unpaired) electrons. The van der Waals surface area contributed by atoms with Gasteiger partial charge in [0, 0.05) is 6.42 Å². The minimum Gasteiger partial charge on any atom is -0.494 e. The third-order valence-corrected chi connectivity index (χ3v) is 3.97. The molecule has 0 unspecified atom stereocenters. The van der Waals surface area contributed by atoms with Crippen molar-refractivity contribution in [2.24, 2.45) is 0 Å². The minimum absolute atomic E-state index is 0.0249. The summed E-state index contributed by atoms with van der Waals surface area (Å²) in [5.41, 5.74) is 3.66. The van der Waals surface area contributed by atoms with Gasteiger partial charge in [-0.25, -0.2) is 0 Å². The molecular formula is C20H25NO2. The first-order valence-corrected chi connectivity index (χ1v) is 8.10. The molecule has 0 aliphatic rings. The molecule has 0 aromatic heterocycles. The molecule has 2 rings (SSSR count). The smallest absolute Gasteiger partial charge is 0.220 e. The second-order valence-electron chi connectivity index (χ2n) is 5.90. The number of ether oxygens (including phenoxy) is 1. The van der Waals surface area contributed by atoms with Crippen molar-refractivity contribution in [2.45, 2.75) is 39.7 Å². The first kappa shape index (κ1) is 17.1. The lowest BCUT2D eigenvalue weighted by molar-refractivity contribution is -0.121. The summed E-state index contributed by atoms with van der Waals surface area (Å²) >= 11 is 0. The van der Waals surface area contributed by atoms with Crippen molar-refractivity contribution >= 4 is 5.91 Å². The van der Waals surface area contributed by atoms with Crippen LogP contribution in [-0.2, 0) is 4.79 Å². The molecule has 1 N–H and O–H groups in total. The van der Waals surface area contributed by atoms with Crippen LogP contribution in [0.4, 0.5) is 0 Å². The van der Waals surface area contributed by atoms with Gasteiger partial charge < -0.3 is 10.1 Å². The molecule has 0 saturated carbocycles. The lowest BCUT2D eigenvalue weighted by atomic mass is 10.0. The van der Waals surface area contributed by atoms with Gasteiger partial charge in [-0.2, -0.15) is 0 Å². The van der Waals surface area contributed by atoms with Gasteiger partial charge in [0.1, 0.15) is 5.75 Å². The molecule has 3 heteroatoms. The summed E-state index contributed by atoms with van der Waals surface area (Å²) in [6.07, 6.45) is 1.18. The molecule has 122 valence electrons. The normalized spacial score (nSPS) is 11.8. The van der Waals surface area contributed by atoms with E-state index in [-0.39, 0.29) is 11.9 Å². The van der Waals surface area contributed by atoms with Crippen LogP contribution in [0.2, 0.25) is 0 Å². The van der Waals surface area contributed by atoms with Gasteiger partial charge in [0.05, 0.1) is 12.6 Å². The number of hydrogen-bond donors (Lipinski definition) is 1. The zero-order valence-electron chi connectivity index (χ0n) is 14.1. The quantitative estimate of drug-likeness (QED) is 0.772. The second kappa shape index (κ2) is 8.37. The first-order chi connectivity index (χ1) is 11.1. The fourth-order valence-electron chi connectivity index (χ4n) is 2.37. The monoisotopic (exact) mass is 311 g/mol. The van der Waals surface area contributed by atoms with Crippen molar-refractivity contribution in [3.63, 3.8) is 0 Å². The van der Waals surface area contributed by atoms with E-state index < -0.39 is 0 Å². The third-order valence-electron chi connectivity index (χ3n) is 3.97. The lowest BCUT2D eigenvalue weighted by Gasteiger charge is -2.16. The van der Waals surface area contributed by atoms with Crippen LogP contribution >= 0.6 is 0 Å². The molecular weight excluding hydrogens is 286 g/mol. The average molecular weight is 311 g/mol. The van der Waals surface area contributed by atoms with Crippen molar-refractivity contribution in [1.29, 1.82) is 0 Å². The van der Waals surface area contributed by atoms with Crippen LogP contribution < -0.4 is 10.1 Å². The Hall–Kier alpha value is -2.29. The van der Waals surface area contributed by atoms with Crippen molar-refractivity contribution in [2.75, 3.05) is 6.61 Å². The number of hydrogen-bond acceptors (Lipinski definition) is 2. The van der Waals surface area contributed by atoms with E-state index in [2.05, 4.69) is 37.4 Å². The largest absolute Gasteiger partial charge is 0.494 e. The zero-order chi connectivity index (χ0) is 16.7. The van der Waals surface area contributed by atoms with E-state index in [1.165, 1.54) is 11.1 Å². The zero-order valence-corrected chi connectivity index (χ0v) is 14.1. The summed E-state index contributed by atoms with van der Waals surface area (Å²) in [6, 6.07) is 16.0. The van der Waals surface area contributed by atoms with E-state index in [9.17, 15) is 4.79 Å². The number of carbonyl (C=O) groups is 1. The van der Waals surface area contributed by atoms with Gasteiger partial charge in [0.25, 0.3) is 0 Å². The van der Waals surface area contributed by atoms with Crippen LogP contribution in [-0.4, -0.2) is 12.5 Å². The Morgan fingerprint density at radius 2 is 1.83 bits per heavy atom. The maximum Gasteiger partial charge on any atom is 0.220 e. The van der Waals surface area contributed by atoms with Gasteiger partial charge in [-0.05, 0) is 56.0 Å². The highest BCUT2D eigenvalue weighted by atomic mass is 16.5. The predicted octanol–water partition coefficient (Wildman–Crippen LogP) is 4.34. The van der Waals surface area contributed by atoms with Gasteiger partial charge in [-0.1, -0.05) is 36.4 Å². The van der Waals surface area contributed by atoms with Gasteiger partial charge in [0.2, 0.25) is 5.91 Å². The van der Waals surface area contributed by atoms with Gasteiger partial charge in [0.15, 0.2) is 0 Å². The third kappa shape index (κ3) is 5.44. The first-order valence-electron chi connectivity index (χ1n) is 8.10. The second-order valence-corrected chi connectivity index (χ2v) is 5.90. The molecule has 2 aromatic carbocycles. The molecule has 0 spiro atoms. The fourth-order valence-corrected chi connectivity index (χ4v) is 2.37. The topological polar surface area (TPSA) is 38.3 Å². The number of carbonyl (C=O) groups excluding carboxylic acids is 1. The number of benzene rings is 2. The minimum atomic E-state index is 0.0249. The fraction of sp³-hybridized carbons (Fsp3) is 0.350. The summed E-state index contributed by atoms with van der Waals surface area (Å²) in [7, 11) is 0. The van der Waals surface area contributed by atoms with Crippen molar-refractivity contribution < 1.29 is 9.53 Å². The van der Waals surface area contributed by atoms with Crippen LogP contribution in [0, 0.1) is 13.8 Å². The molecule has 1 atom stereocenters. The maximum absolute atomic E-state index is 12.0. The van der Waals surface area contributed by atoms with E-state index in [4.69, 9.17) is 4.74 Å². The van der Waals surface area contributed by atoms with Crippen LogP contribution in [0.15, 0.2) is 48.5 Å². The Morgan fingerprint density at radius 3 is 2.52 bits per heavy atom. The summed E-state index contributed by atoms with van der Waals surface area (Å²) in [5, 5.41) is 3.05. The van der Waals surface area contributed by atoms with Crippen LogP contribution in [0.3, 0.4) is 0 Å². The molecule has 0 heterocycles. The number of amides is 1. The Morgan fingerprint density at radius 1 is 1.09 bits per heavy atom. The van der Waals surface area contributed by atoms with E-state index in [1.807, 2.05) is 37.3 Å². The molecule has 1 amide bonds. The molecule has 0 aliphatic carbocycles. The molecule has 0 saturated heterocycles. The molecule has 0 bridgehead atoms. The lowest BCUT2D eigenvalue weighted by Crippen LogP contribution is -2.26. The molecule has 23 heavy (non-hydrogen) atoms. The molecule has 0 fully saturated rings. The number of para-hydroxylation sites is 1. The van der Waals surface area contributed by atoms with Crippen LogP contribution in [0.25, 0.3) is 0 Å². The maximum atomic E-state index is 12.0. The van der Waals surface area contributed by atoms with E-state index in [0.717, 1.165) is 11.3 Å². The summed E-state index contributed by atoms with van der Waals surface area (Å²) in [4.78, 5) is 12.0. The van der Waals surface area contributed by atoms with Gasteiger partial charge in [-0.3, -0.25) is 4.79 Å². The van der Waals surface area contributed by atoms with Crippen LogP contribution in [0.5, 0.6) is 5.75 Å². The van der Waals surface area contributed by atoms with Crippen molar-refractivity contribution in [1.82, 2.24) is 5.32 Å². The Bertz CT molecular complexity index is 637. The number of rotatable bonds is 7. The van der Waals surface area contributed by atoms with E-state index in [0.29, 0.717) is 19.4 Å². The molecule has 0 aliphatic heterocycles. The average Bonchev–Trinajstić information content (AvgIpc) is 2.55. The van der Waals surface area contributed by atoms with Gasteiger partial charge in [-0.15, -0.1) is 0 Å². The summed E-state index contributed by atoms with van der Waals surface area (Å²) in [5.74, 6) is 0.906. The standard InChI is InChI=1S/C20H25NO2/c1-15-11-12-18(14-16(15)2)17(3)21-20(22)10-7-13-23-19-8-5-4-6-9-19/h4-6,8-9,11-12,14,17H,7,10,13H2,1-3H3,(H,21,22)/t17-/m1/s1.